The molecule has 1 aliphatic heterocycles. The standard InChI is InChI=1S/C13H13BrF2N2O/c14-8-5-12(10(16)6-9(8)15)18-4-3-11(13(18)19)17-7-1-2-7/h5-7,11,17H,1-4H2. The molecular formula is C13H13BrF2N2O. The molecule has 1 unspecified atom stereocenters. The lowest BCUT2D eigenvalue weighted by atomic mass is 10.2. The first-order valence-corrected chi connectivity index (χ1v) is 7.07. The SMILES string of the molecule is O=C1C(NC2CC2)CCN1c1cc(Br)c(F)cc1F. The summed E-state index contributed by atoms with van der Waals surface area (Å²) < 4.78 is 27.1. The van der Waals surface area contributed by atoms with Crippen molar-refractivity contribution in [2.75, 3.05) is 11.4 Å². The lowest BCUT2D eigenvalue weighted by molar-refractivity contribution is -0.118. The van der Waals surface area contributed by atoms with Gasteiger partial charge in [-0.2, -0.15) is 0 Å². The Labute approximate surface area is 118 Å². The number of benzene rings is 1. The first-order valence-electron chi connectivity index (χ1n) is 6.28. The van der Waals surface area contributed by atoms with Crippen molar-refractivity contribution in [3.8, 4) is 0 Å². The number of rotatable bonds is 3. The van der Waals surface area contributed by atoms with Crippen molar-refractivity contribution in [1.82, 2.24) is 5.32 Å². The minimum absolute atomic E-state index is 0.135. The Morgan fingerprint density at radius 3 is 2.63 bits per heavy atom. The van der Waals surface area contributed by atoms with Gasteiger partial charge in [-0.1, -0.05) is 0 Å². The lowest BCUT2D eigenvalue weighted by Crippen LogP contribution is -2.39. The van der Waals surface area contributed by atoms with Crippen LogP contribution >= 0.6 is 15.9 Å². The fourth-order valence-corrected chi connectivity index (χ4v) is 2.66. The highest BCUT2D eigenvalue weighted by atomic mass is 79.9. The number of carbonyl (C=O) groups is 1. The maximum atomic E-state index is 13.8. The van der Waals surface area contributed by atoms with E-state index in [0.29, 0.717) is 19.0 Å². The second-order valence-electron chi connectivity index (χ2n) is 4.99. The molecule has 3 nitrogen and oxygen atoms in total. The van der Waals surface area contributed by atoms with Crippen LogP contribution in [0.15, 0.2) is 16.6 Å². The van der Waals surface area contributed by atoms with Crippen LogP contribution in [-0.4, -0.2) is 24.5 Å². The van der Waals surface area contributed by atoms with Crippen LogP contribution in [0.2, 0.25) is 0 Å². The van der Waals surface area contributed by atoms with Crippen LogP contribution in [0.1, 0.15) is 19.3 Å². The molecule has 3 rings (SSSR count). The second-order valence-corrected chi connectivity index (χ2v) is 5.84. The molecule has 1 aromatic rings. The third-order valence-corrected chi connectivity index (χ3v) is 4.11. The van der Waals surface area contributed by atoms with Gasteiger partial charge < -0.3 is 10.2 Å². The molecule has 1 saturated carbocycles. The maximum Gasteiger partial charge on any atom is 0.244 e. The Morgan fingerprint density at radius 2 is 1.95 bits per heavy atom. The molecule has 2 fully saturated rings. The Kier molecular flexibility index (Phi) is 3.30. The zero-order valence-electron chi connectivity index (χ0n) is 10.1. The molecule has 0 aromatic heterocycles. The molecule has 1 heterocycles. The summed E-state index contributed by atoms with van der Waals surface area (Å²) in [5.74, 6) is -1.51. The van der Waals surface area contributed by atoms with Crippen LogP contribution in [0, 0.1) is 11.6 Å². The summed E-state index contributed by atoms with van der Waals surface area (Å²) in [6.45, 7) is 0.457. The van der Waals surface area contributed by atoms with Crippen LogP contribution in [0.25, 0.3) is 0 Å². The largest absolute Gasteiger partial charge is 0.308 e. The molecule has 2 aliphatic rings. The van der Waals surface area contributed by atoms with Crippen LogP contribution in [0.5, 0.6) is 0 Å². The van der Waals surface area contributed by atoms with E-state index in [0.717, 1.165) is 18.9 Å². The van der Waals surface area contributed by atoms with Crippen LogP contribution < -0.4 is 10.2 Å². The quantitative estimate of drug-likeness (QED) is 0.864. The van der Waals surface area contributed by atoms with E-state index in [-0.39, 0.29) is 22.1 Å². The van der Waals surface area contributed by atoms with Gasteiger partial charge in [-0.05, 0) is 41.3 Å². The van der Waals surface area contributed by atoms with E-state index in [9.17, 15) is 13.6 Å². The molecular weight excluding hydrogens is 318 g/mol. The molecule has 1 amide bonds. The van der Waals surface area contributed by atoms with E-state index in [1.165, 1.54) is 11.0 Å². The highest BCUT2D eigenvalue weighted by Gasteiger charge is 2.37. The summed E-state index contributed by atoms with van der Waals surface area (Å²) >= 11 is 3.02. The number of halogens is 3. The van der Waals surface area contributed by atoms with Crippen LogP contribution in [-0.2, 0) is 4.79 Å². The first kappa shape index (κ1) is 13.0. The monoisotopic (exact) mass is 330 g/mol. The van der Waals surface area contributed by atoms with Gasteiger partial charge in [-0.15, -0.1) is 0 Å². The number of hydrogen-bond acceptors (Lipinski definition) is 2. The second kappa shape index (κ2) is 4.83. The molecule has 1 atom stereocenters. The third kappa shape index (κ3) is 2.51. The Bertz CT molecular complexity index is 534. The van der Waals surface area contributed by atoms with E-state index >= 15 is 0 Å². The smallest absolute Gasteiger partial charge is 0.244 e. The molecule has 19 heavy (non-hydrogen) atoms. The van der Waals surface area contributed by atoms with E-state index in [2.05, 4.69) is 21.2 Å². The molecule has 0 bridgehead atoms. The van der Waals surface area contributed by atoms with Gasteiger partial charge in [0.15, 0.2) is 0 Å². The van der Waals surface area contributed by atoms with Gasteiger partial charge in [0.1, 0.15) is 11.6 Å². The number of amides is 1. The first-order chi connectivity index (χ1) is 9.06. The topological polar surface area (TPSA) is 32.3 Å². The van der Waals surface area contributed by atoms with Gasteiger partial charge in [0.05, 0.1) is 16.2 Å². The zero-order valence-corrected chi connectivity index (χ0v) is 11.7. The molecule has 1 N–H and O–H groups in total. The maximum absolute atomic E-state index is 13.8. The van der Waals surface area contributed by atoms with Crippen molar-refractivity contribution >= 4 is 27.5 Å². The molecule has 1 aromatic carbocycles. The Morgan fingerprint density at radius 1 is 1.21 bits per heavy atom. The fourth-order valence-electron chi connectivity index (χ4n) is 2.33. The molecule has 6 heteroatoms. The van der Waals surface area contributed by atoms with Crippen molar-refractivity contribution in [3.63, 3.8) is 0 Å². The number of nitrogens with zero attached hydrogens (tertiary/aromatic N) is 1. The van der Waals surface area contributed by atoms with Crippen molar-refractivity contribution in [1.29, 1.82) is 0 Å². The summed E-state index contributed by atoms with van der Waals surface area (Å²) in [6.07, 6.45) is 2.85. The average Bonchev–Trinajstić information content (AvgIpc) is 3.10. The minimum Gasteiger partial charge on any atom is -0.308 e. The van der Waals surface area contributed by atoms with Gasteiger partial charge in [-0.25, -0.2) is 8.78 Å². The van der Waals surface area contributed by atoms with Gasteiger partial charge in [0, 0.05) is 18.7 Å². The molecule has 0 spiro atoms. The Hall–Kier alpha value is -1.01. The number of carbonyl (C=O) groups excluding carboxylic acids is 1. The van der Waals surface area contributed by atoms with Crippen molar-refractivity contribution in [3.05, 3.63) is 28.2 Å². The summed E-state index contributed by atoms with van der Waals surface area (Å²) in [5.41, 5.74) is 0.137. The van der Waals surface area contributed by atoms with Gasteiger partial charge in [0.2, 0.25) is 5.91 Å². The summed E-state index contributed by atoms with van der Waals surface area (Å²) in [7, 11) is 0. The van der Waals surface area contributed by atoms with E-state index in [1.807, 2.05) is 0 Å². The molecule has 1 saturated heterocycles. The van der Waals surface area contributed by atoms with E-state index in [1.54, 1.807) is 0 Å². The average molecular weight is 331 g/mol. The molecule has 0 radical (unpaired) electrons. The third-order valence-electron chi connectivity index (χ3n) is 3.50. The lowest BCUT2D eigenvalue weighted by Gasteiger charge is -2.18. The molecule has 102 valence electrons. The van der Waals surface area contributed by atoms with Crippen LogP contribution in [0.3, 0.4) is 0 Å². The van der Waals surface area contributed by atoms with E-state index in [4.69, 9.17) is 0 Å². The number of nitrogens with one attached hydrogen (secondary N) is 1. The van der Waals surface area contributed by atoms with Crippen LogP contribution in [0.4, 0.5) is 14.5 Å². The Balaban J connectivity index is 1.82. The number of hydrogen-bond donors (Lipinski definition) is 1. The highest BCUT2D eigenvalue weighted by Crippen LogP contribution is 2.30. The predicted octanol–water partition coefficient (Wildman–Crippen LogP) is 2.58. The minimum atomic E-state index is -0.707. The van der Waals surface area contributed by atoms with Gasteiger partial charge in [0.25, 0.3) is 0 Å². The van der Waals surface area contributed by atoms with Crippen molar-refractivity contribution < 1.29 is 13.6 Å². The van der Waals surface area contributed by atoms with Gasteiger partial charge >= 0.3 is 0 Å². The summed E-state index contributed by atoms with van der Waals surface area (Å²) in [4.78, 5) is 13.6. The highest BCUT2D eigenvalue weighted by molar-refractivity contribution is 9.10. The van der Waals surface area contributed by atoms with Crippen molar-refractivity contribution in [2.24, 2.45) is 0 Å². The predicted molar refractivity (Wildman–Crippen MR) is 71.0 cm³/mol. The van der Waals surface area contributed by atoms with E-state index < -0.39 is 11.6 Å². The van der Waals surface area contributed by atoms with Gasteiger partial charge in [-0.3, -0.25) is 4.79 Å². The van der Waals surface area contributed by atoms with Crippen molar-refractivity contribution in [2.45, 2.75) is 31.3 Å². The number of anilines is 1. The summed E-state index contributed by atoms with van der Waals surface area (Å²) in [6, 6.07) is 2.31. The normalized spacial score (nSPS) is 23.2. The summed E-state index contributed by atoms with van der Waals surface area (Å²) in [5, 5.41) is 3.25. The zero-order chi connectivity index (χ0) is 13.6. The fraction of sp³-hybridized carbons (Fsp3) is 0.462. The molecule has 1 aliphatic carbocycles.